The van der Waals surface area contributed by atoms with E-state index in [1.807, 2.05) is 30.3 Å². The van der Waals surface area contributed by atoms with Gasteiger partial charge in [-0.2, -0.15) is 0 Å². The molecule has 0 bridgehead atoms. The summed E-state index contributed by atoms with van der Waals surface area (Å²) in [6.07, 6.45) is 0. The third-order valence-electron chi connectivity index (χ3n) is 4.01. The van der Waals surface area contributed by atoms with E-state index < -0.39 is 5.25 Å². The average molecular weight is 393 g/mol. The highest BCUT2D eigenvalue weighted by molar-refractivity contribution is 8.00. The van der Waals surface area contributed by atoms with E-state index in [0.717, 1.165) is 5.56 Å². The summed E-state index contributed by atoms with van der Waals surface area (Å²) >= 11 is 1.17. The van der Waals surface area contributed by atoms with Crippen LogP contribution in [0.1, 0.15) is 24.2 Å². The molecule has 28 heavy (non-hydrogen) atoms. The standard InChI is InChI=1S/C21H19N3O3S/c1-13(25)15-8-10-17(11-9-15)22-20(27)14(2)28-21-23-18(12-19(26)24-21)16-6-4-3-5-7-16/h3-12,14H,1-2H3,(H,22,27)(H,23,24,26)/t14-/m1/s1. The number of H-pyrrole nitrogens is 1. The molecule has 0 aliphatic carbocycles. The minimum Gasteiger partial charge on any atom is -0.325 e. The predicted molar refractivity (Wildman–Crippen MR) is 111 cm³/mol. The van der Waals surface area contributed by atoms with Gasteiger partial charge in [0.1, 0.15) is 0 Å². The first kappa shape index (κ1) is 19.6. The molecule has 2 aromatic carbocycles. The van der Waals surface area contributed by atoms with Crippen molar-refractivity contribution in [3.63, 3.8) is 0 Å². The number of hydrogen-bond acceptors (Lipinski definition) is 5. The molecular weight excluding hydrogens is 374 g/mol. The lowest BCUT2D eigenvalue weighted by Crippen LogP contribution is -2.23. The molecule has 0 fully saturated rings. The average Bonchev–Trinajstić information content (AvgIpc) is 2.68. The molecule has 0 aliphatic heterocycles. The first-order chi connectivity index (χ1) is 13.4. The summed E-state index contributed by atoms with van der Waals surface area (Å²) in [5.41, 5.74) is 2.29. The van der Waals surface area contributed by atoms with Crippen LogP contribution in [0.3, 0.4) is 0 Å². The van der Waals surface area contributed by atoms with Gasteiger partial charge in [0.25, 0.3) is 5.56 Å². The summed E-state index contributed by atoms with van der Waals surface area (Å²) in [5.74, 6) is -0.261. The van der Waals surface area contributed by atoms with Crippen LogP contribution in [0.15, 0.2) is 70.6 Å². The molecule has 1 aromatic heterocycles. The van der Waals surface area contributed by atoms with E-state index in [-0.39, 0.29) is 17.2 Å². The molecule has 0 spiro atoms. The lowest BCUT2D eigenvalue weighted by molar-refractivity contribution is -0.115. The van der Waals surface area contributed by atoms with Crippen molar-refractivity contribution in [3.05, 3.63) is 76.6 Å². The first-order valence-electron chi connectivity index (χ1n) is 8.67. The van der Waals surface area contributed by atoms with Gasteiger partial charge >= 0.3 is 0 Å². The molecule has 0 aliphatic rings. The topological polar surface area (TPSA) is 91.9 Å². The highest BCUT2D eigenvalue weighted by Gasteiger charge is 2.17. The molecule has 3 rings (SSSR count). The zero-order chi connectivity index (χ0) is 20.1. The van der Waals surface area contributed by atoms with Crippen molar-refractivity contribution in [3.8, 4) is 11.3 Å². The van der Waals surface area contributed by atoms with Crippen molar-refractivity contribution >= 4 is 29.1 Å². The van der Waals surface area contributed by atoms with Gasteiger partial charge in [-0.1, -0.05) is 42.1 Å². The highest BCUT2D eigenvalue weighted by atomic mass is 32.2. The van der Waals surface area contributed by atoms with Crippen LogP contribution < -0.4 is 10.9 Å². The van der Waals surface area contributed by atoms with Crippen molar-refractivity contribution in [1.29, 1.82) is 0 Å². The number of benzene rings is 2. The number of hydrogen-bond donors (Lipinski definition) is 2. The number of anilines is 1. The number of aromatic nitrogens is 2. The third kappa shape index (κ3) is 4.95. The summed E-state index contributed by atoms with van der Waals surface area (Å²) in [6.45, 7) is 3.22. The van der Waals surface area contributed by atoms with E-state index in [1.54, 1.807) is 31.2 Å². The fourth-order valence-corrected chi connectivity index (χ4v) is 3.31. The number of thioether (sulfide) groups is 1. The predicted octanol–water partition coefficient (Wildman–Crippen LogP) is 3.76. The largest absolute Gasteiger partial charge is 0.325 e. The Morgan fingerprint density at radius 3 is 2.39 bits per heavy atom. The molecule has 142 valence electrons. The summed E-state index contributed by atoms with van der Waals surface area (Å²) in [4.78, 5) is 42.9. The zero-order valence-electron chi connectivity index (χ0n) is 15.4. The molecule has 1 heterocycles. The van der Waals surface area contributed by atoms with E-state index in [2.05, 4.69) is 15.3 Å². The molecular formula is C21H19N3O3S. The normalized spacial score (nSPS) is 11.6. The second-order valence-corrected chi connectivity index (χ2v) is 7.51. The number of ketones is 1. The fourth-order valence-electron chi connectivity index (χ4n) is 2.50. The highest BCUT2D eigenvalue weighted by Crippen LogP contribution is 2.23. The van der Waals surface area contributed by atoms with Crippen LogP contribution in [0, 0.1) is 0 Å². The third-order valence-corrected chi connectivity index (χ3v) is 4.99. The van der Waals surface area contributed by atoms with Crippen LogP contribution in [0.25, 0.3) is 11.3 Å². The number of amides is 1. The molecule has 6 nitrogen and oxygen atoms in total. The minimum absolute atomic E-state index is 0.0323. The van der Waals surface area contributed by atoms with E-state index in [1.165, 1.54) is 24.8 Å². The first-order valence-corrected chi connectivity index (χ1v) is 9.55. The number of Topliss-reactive ketones (excluding diaryl/α,β-unsaturated/α-hetero) is 1. The molecule has 0 saturated carbocycles. The SMILES string of the molecule is CC(=O)c1ccc(NC(=O)[C@@H](C)Sc2nc(-c3ccccc3)cc(=O)[nH]2)cc1. The quantitative estimate of drug-likeness (QED) is 0.378. The maximum atomic E-state index is 12.5. The van der Waals surface area contributed by atoms with E-state index in [9.17, 15) is 14.4 Å². The van der Waals surface area contributed by atoms with Crippen molar-refractivity contribution in [2.45, 2.75) is 24.3 Å². The van der Waals surface area contributed by atoms with Gasteiger partial charge in [-0.3, -0.25) is 14.4 Å². The Balaban J connectivity index is 1.71. The van der Waals surface area contributed by atoms with Crippen LogP contribution in [0.2, 0.25) is 0 Å². The van der Waals surface area contributed by atoms with Crippen LogP contribution in [-0.4, -0.2) is 26.9 Å². The summed E-state index contributed by atoms with van der Waals surface area (Å²) < 4.78 is 0. The number of carbonyl (C=O) groups is 2. The van der Waals surface area contributed by atoms with Crippen molar-refractivity contribution < 1.29 is 9.59 Å². The van der Waals surface area contributed by atoms with E-state index in [4.69, 9.17) is 0 Å². The summed E-state index contributed by atoms with van der Waals surface area (Å²) in [5, 5.41) is 2.69. The number of nitrogens with zero attached hydrogens (tertiary/aromatic N) is 1. The van der Waals surface area contributed by atoms with Gasteiger partial charge in [0.2, 0.25) is 5.91 Å². The number of carbonyl (C=O) groups excluding carboxylic acids is 2. The fraction of sp³-hybridized carbons (Fsp3) is 0.143. The smallest absolute Gasteiger partial charge is 0.252 e. The van der Waals surface area contributed by atoms with Crippen molar-refractivity contribution in [2.24, 2.45) is 0 Å². The number of rotatable bonds is 6. The van der Waals surface area contributed by atoms with Gasteiger partial charge in [0.05, 0.1) is 10.9 Å². The lowest BCUT2D eigenvalue weighted by atomic mass is 10.1. The Bertz CT molecular complexity index is 1050. The van der Waals surface area contributed by atoms with Crippen LogP contribution in [0.4, 0.5) is 5.69 Å². The molecule has 2 N–H and O–H groups in total. The van der Waals surface area contributed by atoms with Gasteiger partial charge < -0.3 is 10.3 Å². The maximum absolute atomic E-state index is 12.5. The Kier molecular flexibility index (Phi) is 6.06. The van der Waals surface area contributed by atoms with Crippen molar-refractivity contribution in [2.75, 3.05) is 5.32 Å². The van der Waals surface area contributed by atoms with Gasteiger partial charge in [-0.25, -0.2) is 4.98 Å². The molecule has 3 aromatic rings. The molecule has 0 saturated heterocycles. The Hall–Kier alpha value is -3.19. The summed E-state index contributed by atoms with van der Waals surface area (Å²) in [7, 11) is 0. The Morgan fingerprint density at radius 1 is 1.07 bits per heavy atom. The molecule has 0 unspecified atom stereocenters. The monoisotopic (exact) mass is 393 g/mol. The molecule has 7 heteroatoms. The Morgan fingerprint density at radius 2 is 1.75 bits per heavy atom. The van der Waals surface area contributed by atoms with Crippen molar-refractivity contribution in [1.82, 2.24) is 9.97 Å². The van der Waals surface area contributed by atoms with Gasteiger partial charge in [0, 0.05) is 22.9 Å². The molecule has 0 radical (unpaired) electrons. The lowest BCUT2D eigenvalue weighted by Gasteiger charge is -2.12. The summed E-state index contributed by atoms with van der Waals surface area (Å²) in [6, 6.07) is 17.5. The number of aromatic amines is 1. The minimum atomic E-state index is -0.485. The van der Waals surface area contributed by atoms with Crippen LogP contribution in [-0.2, 0) is 4.79 Å². The van der Waals surface area contributed by atoms with Gasteiger partial charge in [-0.05, 0) is 38.1 Å². The second-order valence-electron chi connectivity index (χ2n) is 6.18. The van der Waals surface area contributed by atoms with Gasteiger partial charge in [-0.15, -0.1) is 0 Å². The Labute approximate surface area is 166 Å². The zero-order valence-corrected chi connectivity index (χ0v) is 16.2. The molecule has 1 atom stereocenters. The second kappa shape index (κ2) is 8.67. The molecule has 1 amide bonds. The van der Waals surface area contributed by atoms with E-state index >= 15 is 0 Å². The van der Waals surface area contributed by atoms with Crippen LogP contribution in [0.5, 0.6) is 0 Å². The number of nitrogens with one attached hydrogen (secondary N) is 2. The van der Waals surface area contributed by atoms with E-state index in [0.29, 0.717) is 22.1 Å². The van der Waals surface area contributed by atoms with Crippen LogP contribution >= 0.6 is 11.8 Å². The van der Waals surface area contributed by atoms with Gasteiger partial charge in [0.15, 0.2) is 10.9 Å². The maximum Gasteiger partial charge on any atom is 0.252 e.